The zero-order valence-electron chi connectivity index (χ0n) is 14.1. The van der Waals surface area contributed by atoms with Gasteiger partial charge >= 0.3 is 6.09 Å². The summed E-state index contributed by atoms with van der Waals surface area (Å²) in [6, 6.07) is 9.57. The summed E-state index contributed by atoms with van der Waals surface area (Å²) in [5.41, 5.74) is 0.867. The van der Waals surface area contributed by atoms with E-state index in [9.17, 15) is 13.2 Å². The van der Waals surface area contributed by atoms with Crippen LogP contribution in [0.4, 0.5) is 4.79 Å². The molecule has 0 aliphatic carbocycles. The van der Waals surface area contributed by atoms with E-state index >= 15 is 0 Å². The van der Waals surface area contributed by atoms with Crippen molar-refractivity contribution >= 4 is 16.1 Å². The molecule has 0 aromatic heterocycles. The van der Waals surface area contributed by atoms with Crippen LogP contribution in [-0.2, 0) is 21.4 Å². The highest BCUT2D eigenvalue weighted by atomic mass is 32.2. The molecule has 3 rings (SSSR count). The average molecular weight is 352 g/mol. The van der Waals surface area contributed by atoms with Gasteiger partial charge in [-0.1, -0.05) is 30.3 Å². The highest BCUT2D eigenvalue weighted by Crippen LogP contribution is 2.41. The van der Waals surface area contributed by atoms with E-state index in [1.54, 1.807) is 18.7 Å². The van der Waals surface area contributed by atoms with Crippen LogP contribution in [0.1, 0.15) is 25.8 Å². The molecule has 1 amide bonds. The molecule has 2 aliphatic rings. The highest BCUT2D eigenvalue weighted by molar-refractivity contribution is 7.89. The number of carbonyl (C=O) groups is 1. The van der Waals surface area contributed by atoms with E-state index in [2.05, 4.69) is 0 Å². The van der Waals surface area contributed by atoms with Crippen LogP contribution < -0.4 is 0 Å². The fourth-order valence-electron chi connectivity index (χ4n) is 3.34. The molecule has 7 heteroatoms. The van der Waals surface area contributed by atoms with Crippen LogP contribution in [0, 0.1) is 5.41 Å². The lowest BCUT2D eigenvalue weighted by Gasteiger charge is -2.47. The Morgan fingerprint density at radius 2 is 1.88 bits per heavy atom. The quantitative estimate of drug-likeness (QED) is 0.832. The Morgan fingerprint density at radius 1 is 1.21 bits per heavy atom. The second-order valence-electron chi connectivity index (χ2n) is 7.07. The second-order valence-corrected chi connectivity index (χ2v) is 9.56. The molecule has 0 unspecified atom stereocenters. The summed E-state index contributed by atoms with van der Waals surface area (Å²) in [6.45, 7) is 5.88. The molecule has 1 aromatic carbocycles. The molecule has 0 saturated carbocycles. The summed E-state index contributed by atoms with van der Waals surface area (Å²) < 4.78 is 31.2. The largest absolute Gasteiger partial charge is 0.445 e. The molecule has 0 atom stereocenters. The van der Waals surface area contributed by atoms with Gasteiger partial charge in [-0.25, -0.2) is 17.5 Å². The third-order valence-corrected chi connectivity index (χ3v) is 7.05. The van der Waals surface area contributed by atoms with Crippen LogP contribution in [0.15, 0.2) is 30.3 Å². The van der Waals surface area contributed by atoms with E-state index < -0.39 is 15.3 Å². The summed E-state index contributed by atoms with van der Waals surface area (Å²) in [5, 5.41) is -0.400. The van der Waals surface area contributed by atoms with Gasteiger partial charge in [0.25, 0.3) is 0 Å². The number of nitrogens with zero attached hydrogens (tertiary/aromatic N) is 2. The standard InChI is InChI=1S/C17H24N2O4S/c1-14(2)24(21,22)19-12-17(13-19)8-9-18(11-17)16(20)23-10-15-6-4-3-5-7-15/h3-7,14H,8-13H2,1-2H3. The molecule has 2 aliphatic heterocycles. The van der Waals surface area contributed by atoms with E-state index in [1.165, 1.54) is 4.31 Å². The lowest BCUT2D eigenvalue weighted by atomic mass is 9.81. The Bertz CT molecular complexity index is 697. The zero-order valence-corrected chi connectivity index (χ0v) is 15.0. The van der Waals surface area contributed by atoms with Crippen molar-refractivity contribution in [3.63, 3.8) is 0 Å². The van der Waals surface area contributed by atoms with Gasteiger partial charge in [-0.2, -0.15) is 0 Å². The first-order chi connectivity index (χ1) is 11.3. The Hall–Kier alpha value is -1.60. The van der Waals surface area contributed by atoms with Gasteiger partial charge in [-0.15, -0.1) is 0 Å². The molecule has 2 heterocycles. The lowest BCUT2D eigenvalue weighted by molar-refractivity contribution is 0.0655. The third kappa shape index (κ3) is 3.28. The molecule has 6 nitrogen and oxygen atoms in total. The van der Waals surface area contributed by atoms with Gasteiger partial charge in [0.1, 0.15) is 6.61 Å². The van der Waals surface area contributed by atoms with E-state index in [-0.39, 0.29) is 18.1 Å². The Labute approximate surface area is 143 Å². The van der Waals surface area contributed by atoms with Gasteiger partial charge in [0.2, 0.25) is 10.0 Å². The van der Waals surface area contributed by atoms with Gasteiger partial charge in [0.05, 0.1) is 5.25 Å². The minimum atomic E-state index is -3.19. The van der Waals surface area contributed by atoms with Crippen molar-refractivity contribution in [2.24, 2.45) is 5.41 Å². The maximum absolute atomic E-state index is 12.2. The van der Waals surface area contributed by atoms with Gasteiger partial charge in [0, 0.05) is 31.6 Å². The van der Waals surface area contributed by atoms with Crippen LogP contribution in [0.2, 0.25) is 0 Å². The molecular formula is C17H24N2O4S. The van der Waals surface area contributed by atoms with Crippen molar-refractivity contribution in [1.29, 1.82) is 0 Å². The molecule has 2 saturated heterocycles. The minimum Gasteiger partial charge on any atom is -0.445 e. The minimum absolute atomic E-state index is 0.0896. The number of hydrogen-bond acceptors (Lipinski definition) is 4. The summed E-state index contributed by atoms with van der Waals surface area (Å²) in [4.78, 5) is 13.9. The van der Waals surface area contributed by atoms with Crippen molar-refractivity contribution in [3.8, 4) is 0 Å². The van der Waals surface area contributed by atoms with Gasteiger partial charge in [-0.3, -0.25) is 0 Å². The SMILES string of the molecule is CC(C)S(=O)(=O)N1CC2(CCN(C(=O)OCc3ccccc3)C2)C1. The second kappa shape index (κ2) is 6.37. The first-order valence-electron chi connectivity index (χ1n) is 8.27. The third-order valence-electron chi connectivity index (χ3n) is 4.88. The summed E-state index contributed by atoms with van der Waals surface area (Å²) >= 11 is 0. The smallest absolute Gasteiger partial charge is 0.410 e. The first kappa shape index (κ1) is 17.2. The molecule has 0 radical (unpaired) electrons. The Morgan fingerprint density at radius 3 is 2.50 bits per heavy atom. The number of ether oxygens (including phenoxy) is 1. The zero-order chi connectivity index (χ0) is 17.4. The molecule has 2 fully saturated rings. The van der Waals surface area contributed by atoms with Crippen molar-refractivity contribution in [2.45, 2.75) is 32.1 Å². The van der Waals surface area contributed by atoms with Crippen LogP contribution >= 0.6 is 0 Å². The Kier molecular flexibility index (Phi) is 4.57. The van der Waals surface area contributed by atoms with Gasteiger partial charge in [-0.05, 0) is 25.8 Å². The fourth-order valence-corrected chi connectivity index (χ4v) is 4.84. The molecule has 0 bridgehead atoms. The van der Waals surface area contributed by atoms with Crippen LogP contribution in [0.3, 0.4) is 0 Å². The topological polar surface area (TPSA) is 66.9 Å². The monoisotopic (exact) mass is 352 g/mol. The predicted molar refractivity (Wildman–Crippen MR) is 90.9 cm³/mol. The maximum Gasteiger partial charge on any atom is 0.410 e. The molecule has 24 heavy (non-hydrogen) atoms. The van der Waals surface area contributed by atoms with Crippen LogP contribution in [-0.4, -0.2) is 55.1 Å². The number of amides is 1. The number of carbonyl (C=O) groups excluding carboxylic acids is 1. The van der Waals surface area contributed by atoms with Crippen molar-refractivity contribution in [3.05, 3.63) is 35.9 Å². The van der Waals surface area contributed by atoms with E-state index in [0.29, 0.717) is 26.2 Å². The number of sulfonamides is 1. The van der Waals surface area contributed by atoms with Crippen molar-refractivity contribution in [2.75, 3.05) is 26.2 Å². The molecular weight excluding hydrogens is 328 g/mol. The average Bonchev–Trinajstić information content (AvgIpc) is 2.98. The Balaban J connectivity index is 1.50. The highest BCUT2D eigenvalue weighted by Gasteiger charge is 2.52. The lowest BCUT2D eigenvalue weighted by Crippen LogP contribution is -2.60. The van der Waals surface area contributed by atoms with E-state index in [4.69, 9.17) is 4.74 Å². The number of hydrogen-bond donors (Lipinski definition) is 0. The molecule has 0 N–H and O–H groups in total. The normalized spacial score (nSPS) is 20.4. The summed E-state index contributed by atoms with van der Waals surface area (Å²) in [7, 11) is -3.19. The molecule has 132 valence electrons. The number of benzene rings is 1. The number of rotatable bonds is 4. The maximum atomic E-state index is 12.2. The van der Waals surface area contributed by atoms with E-state index in [0.717, 1.165) is 12.0 Å². The molecule has 1 aromatic rings. The first-order valence-corrected chi connectivity index (χ1v) is 9.77. The van der Waals surface area contributed by atoms with Crippen molar-refractivity contribution in [1.82, 2.24) is 9.21 Å². The van der Waals surface area contributed by atoms with Gasteiger partial charge in [0.15, 0.2) is 0 Å². The van der Waals surface area contributed by atoms with Crippen LogP contribution in [0.5, 0.6) is 0 Å². The molecule has 1 spiro atoms. The van der Waals surface area contributed by atoms with Crippen LogP contribution in [0.25, 0.3) is 0 Å². The van der Waals surface area contributed by atoms with Gasteiger partial charge < -0.3 is 9.64 Å². The summed E-state index contributed by atoms with van der Waals surface area (Å²) in [6.07, 6.45) is 0.512. The van der Waals surface area contributed by atoms with Crippen molar-refractivity contribution < 1.29 is 17.9 Å². The number of likely N-dealkylation sites (tertiary alicyclic amines) is 1. The fraction of sp³-hybridized carbons (Fsp3) is 0.588. The van der Waals surface area contributed by atoms with E-state index in [1.807, 2.05) is 30.3 Å². The predicted octanol–water partition coefficient (Wildman–Crippen LogP) is 2.07. The summed E-state index contributed by atoms with van der Waals surface area (Å²) in [5.74, 6) is 0.